The Labute approximate surface area is 139 Å². The molecule has 0 unspecified atom stereocenters. The van der Waals surface area contributed by atoms with Gasteiger partial charge >= 0.3 is 6.61 Å². The number of alkyl halides is 2. The van der Waals surface area contributed by atoms with Gasteiger partial charge in [0.1, 0.15) is 17.4 Å². The van der Waals surface area contributed by atoms with E-state index in [2.05, 4.69) is 62.5 Å². The molecule has 7 nitrogen and oxygen atoms in total. The molecule has 1 aromatic heterocycles. The van der Waals surface area contributed by atoms with Crippen molar-refractivity contribution in [1.82, 2.24) is 20.6 Å². The average molecular weight is 436 g/mol. The van der Waals surface area contributed by atoms with Gasteiger partial charge < -0.3 is 10.1 Å². The van der Waals surface area contributed by atoms with E-state index in [4.69, 9.17) is 5.26 Å². The molecule has 22 heavy (non-hydrogen) atoms. The van der Waals surface area contributed by atoms with Gasteiger partial charge in [-0.15, -0.1) is 10.2 Å². The Kier molecular flexibility index (Phi) is 5.40. The van der Waals surface area contributed by atoms with Crippen molar-refractivity contribution >= 4 is 43.1 Å². The number of aromatic amines is 1. The van der Waals surface area contributed by atoms with E-state index in [1.165, 1.54) is 18.3 Å². The highest BCUT2D eigenvalue weighted by Crippen LogP contribution is 2.36. The summed E-state index contributed by atoms with van der Waals surface area (Å²) in [6, 6.07) is 4.65. The van der Waals surface area contributed by atoms with Crippen LogP contribution in [0.25, 0.3) is 5.57 Å². The van der Waals surface area contributed by atoms with E-state index in [0.29, 0.717) is 14.6 Å². The molecule has 0 radical (unpaired) electrons. The number of aromatic nitrogens is 4. The highest BCUT2D eigenvalue weighted by atomic mass is 79.9. The topological polar surface area (TPSA) is 99.5 Å². The molecule has 0 saturated heterocycles. The fraction of sp³-hybridized carbons (Fsp3) is 0.0909. The number of halogens is 4. The van der Waals surface area contributed by atoms with E-state index in [0.717, 1.165) is 0 Å². The summed E-state index contributed by atoms with van der Waals surface area (Å²) >= 11 is 6.46. The predicted octanol–water partition coefficient (Wildman–Crippen LogP) is 3.30. The van der Waals surface area contributed by atoms with Crippen LogP contribution in [0.5, 0.6) is 5.75 Å². The minimum atomic E-state index is -2.92. The van der Waals surface area contributed by atoms with Crippen LogP contribution in [-0.4, -0.2) is 27.2 Å². The molecule has 2 rings (SSSR count). The Bertz CT molecular complexity index is 706. The Morgan fingerprint density at radius 2 is 2.09 bits per heavy atom. The zero-order chi connectivity index (χ0) is 16.1. The van der Waals surface area contributed by atoms with Crippen LogP contribution in [0, 0.1) is 11.3 Å². The number of nitrogens with zero attached hydrogens (tertiary/aromatic N) is 4. The fourth-order valence-electron chi connectivity index (χ4n) is 1.43. The van der Waals surface area contributed by atoms with Gasteiger partial charge in [0.2, 0.25) is 5.82 Å². The molecule has 0 aliphatic heterocycles. The molecule has 1 heterocycles. The number of nitriles is 1. The SMILES string of the molecule is N#CC(=CNc1c(Br)cc(OC(F)F)cc1Br)c1nn[nH]n1. The monoisotopic (exact) mass is 434 g/mol. The van der Waals surface area contributed by atoms with Crippen LogP contribution in [-0.2, 0) is 0 Å². The predicted molar refractivity (Wildman–Crippen MR) is 79.9 cm³/mol. The number of hydrogen-bond donors (Lipinski definition) is 2. The third-order valence-corrected chi connectivity index (χ3v) is 3.56. The third kappa shape index (κ3) is 3.99. The van der Waals surface area contributed by atoms with Gasteiger partial charge in [-0.2, -0.15) is 19.3 Å². The van der Waals surface area contributed by atoms with Crippen LogP contribution < -0.4 is 10.1 Å². The van der Waals surface area contributed by atoms with E-state index in [1.807, 2.05) is 6.07 Å². The molecule has 2 aromatic rings. The van der Waals surface area contributed by atoms with Crippen molar-refractivity contribution in [3.8, 4) is 11.8 Å². The molecule has 11 heteroatoms. The maximum absolute atomic E-state index is 12.2. The molecule has 0 aliphatic carbocycles. The van der Waals surface area contributed by atoms with Crippen molar-refractivity contribution in [2.75, 3.05) is 5.32 Å². The number of H-pyrrole nitrogens is 1. The number of hydrogen-bond acceptors (Lipinski definition) is 6. The van der Waals surface area contributed by atoms with Gasteiger partial charge in [-0.1, -0.05) is 0 Å². The molecule has 0 saturated carbocycles. The van der Waals surface area contributed by atoms with Crippen LogP contribution in [0.1, 0.15) is 5.82 Å². The summed E-state index contributed by atoms with van der Waals surface area (Å²) in [5.41, 5.74) is 0.651. The summed E-state index contributed by atoms with van der Waals surface area (Å²) in [5, 5.41) is 24.9. The second kappa shape index (κ2) is 7.28. The largest absolute Gasteiger partial charge is 0.435 e. The van der Waals surface area contributed by atoms with E-state index in [1.54, 1.807) is 0 Å². The highest BCUT2D eigenvalue weighted by Gasteiger charge is 2.12. The molecule has 114 valence electrons. The Morgan fingerprint density at radius 3 is 2.59 bits per heavy atom. The van der Waals surface area contributed by atoms with E-state index >= 15 is 0 Å². The molecule has 0 aliphatic rings. The minimum Gasteiger partial charge on any atom is -0.435 e. The Balaban J connectivity index is 2.25. The van der Waals surface area contributed by atoms with Crippen molar-refractivity contribution in [1.29, 1.82) is 5.26 Å². The van der Waals surface area contributed by atoms with Crippen molar-refractivity contribution in [2.45, 2.75) is 6.61 Å². The summed E-state index contributed by atoms with van der Waals surface area (Å²) in [7, 11) is 0. The molecular weight excluding hydrogens is 430 g/mol. The molecular formula is C11H6Br2F2N6O. The zero-order valence-corrected chi connectivity index (χ0v) is 13.7. The normalized spacial score (nSPS) is 11.4. The number of ether oxygens (including phenoxy) is 1. The number of tetrazole rings is 1. The maximum Gasteiger partial charge on any atom is 0.387 e. The molecule has 0 bridgehead atoms. The van der Waals surface area contributed by atoms with Gasteiger partial charge in [-0.05, 0) is 49.2 Å². The van der Waals surface area contributed by atoms with Crippen LogP contribution >= 0.6 is 31.9 Å². The van der Waals surface area contributed by atoms with Gasteiger partial charge in [0.05, 0.1) is 5.69 Å². The summed E-state index contributed by atoms with van der Waals surface area (Å²) in [6.07, 6.45) is 1.36. The first-order chi connectivity index (χ1) is 10.5. The number of allylic oxidation sites excluding steroid dienone is 1. The van der Waals surface area contributed by atoms with Gasteiger partial charge in [-0.3, -0.25) is 0 Å². The second-order valence-corrected chi connectivity index (χ2v) is 5.40. The number of rotatable bonds is 5. The van der Waals surface area contributed by atoms with Crippen molar-refractivity contribution in [3.63, 3.8) is 0 Å². The summed E-state index contributed by atoms with van der Waals surface area (Å²) in [4.78, 5) is 0. The molecule has 2 N–H and O–H groups in total. The first-order valence-electron chi connectivity index (χ1n) is 5.55. The van der Waals surface area contributed by atoms with Crippen LogP contribution in [0.4, 0.5) is 14.5 Å². The van der Waals surface area contributed by atoms with E-state index in [-0.39, 0.29) is 17.1 Å². The van der Waals surface area contributed by atoms with Crippen molar-refractivity contribution in [2.24, 2.45) is 0 Å². The second-order valence-electron chi connectivity index (χ2n) is 3.69. The zero-order valence-electron chi connectivity index (χ0n) is 10.5. The Morgan fingerprint density at radius 1 is 1.41 bits per heavy atom. The van der Waals surface area contributed by atoms with Crippen LogP contribution in [0.2, 0.25) is 0 Å². The third-order valence-electron chi connectivity index (χ3n) is 2.31. The molecule has 0 amide bonds. The van der Waals surface area contributed by atoms with Crippen LogP contribution in [0.3, 0.4) is 0 Å². The van der Waals surface area contributed by atoms with Gasteiger partial charge in [0, 0.05) is 15.1 Å². The van der Waals surface area contributed by atoms with Crippen molar-refractivity contribution < 1.29 is 13.5 Å². The first-order valence-corrected chi connectivity index (χ1v) is 7.14. The molecule has 0 atom stereocenters. The summed E-state index contributed by atoms with van der Waals surface area (Å²) in [5.74, 6) is 0.113. The lowest BCUT2D eigenvalue weighted by molar-refractivity contribution is -0.0499. The van der Waals surface area contributed by atoms with E-state index in [9.17, 15) is 8.78 Å². The van der Waals surface area contributed by atoms with Gasteiger partial charge in [0.15, 0.2) is 0 Å². The number of anilines is 1. The summed E-state index contributed by atoms with van der Waals surface area (Å²) in [6.45, 7) is -2.92. The van der Waals surface area contributed by atoms with Gasteiger partial charge in [-0.25, -0.2) is 0 Å². The standard InChI is InChI=1S/C11H6Br2F2N6O/c12-7-1-6(22-11(14)15)2-8(13)9(7)17-4-5(3-16)10-18-20-21-19-10/h1-2,4,11,17H,(H,18,19,20,21). The minimum absolute atomic E-state index is 0.0121. The lowest BCUT2D eigenvalue weighted by atomic mass is 10.2. The smallest absolute Gasteiger partial charge is 0.387 e. The lowest BCUT2D eigenvalue weighted by Crippen LogP contribution is -2.02. The lowest BCUT2D eigenvalue weighted by Gasteiger charge is -2.11. The van der Waals surface area contributed by atoms with Crippen molar-refractivity contribution in [3.05, 3.63) is 33.1 Å². The quantitative estimate of drug-likeness (QED) is 0.699. The molecule has 0 spiro atoms. The number of nitrogens with one attached hydrogen (secondary N) is 2. The van der Waals surface area contributed by atoms with E-state index < -0.39 is 6.61 Å². The summed E-state index contributed by atoms with van der Waals surface area (Å²) < 4.78 is 29.6. The first kappa shape index (κ1) is 16.3. The maximum atomic E-state index is 12.2. The van der Waals surface area contributed by atoms with Crippen LogP contribution in [0.15, 0.2) is 27.3 Å². The average Bonchev–Trinajstić information content (AvgIpc) is 2.95. The highest BCUT2D eigenvalue weighted by molar-refractivity contribution is 9.11. The number of benzene rings is 1. The van der Waals surface area contributed by atoms with Gasteiger partial charge in [0.25, 0.3) is 0 Å². The fourth-order valence-corrected chi connectivity index (χ4v) is 2.80. The Hall–Kier alpha value is -2.06. The molecule has 1 aromatic carbocycles. The molecule has 0 fully saturated rings.